The number of nitrogens with zero attached hydrogens (tertiary/aromatic N) is 1. The number of hydrogen-bond donors (Lipinski definition) is 1. The zero-order chi connectivity index (χ0) is 13.7. The summed E-state index contributed by atoms with van der Waals surface area (Å²) in [6.45, 7) is 2.48. The minimum atomic E-state index is -1.06. The molecular formula is C14H15NO4. The largest absolute Gasteiger partial charge is 0.475 e. The average molecular weight is 261 g/mol. The van der Waals surface area contributed by atoms with Crippen molar-refractivity contribution in [1.29, 1.82) is 0 Å². The van der Waals surface area contributed by atoms with Crippen molar-refractivity contribution >= 4 is 5.97 Å². The minimum absolute atomic E-state index is 0.0247. The quantitative estimate of drug-likeness (QED) is 0.808. The normalized spacial score (nSPS) is 10.6. The van der Waals surface area contributed by atoms with Gasteiger partial charge in [0.15, 0.2) is 0 Å². The molecule has 2 aromatic rings. The molecule has 0 saturated carbocycles. The number of rotatable bonds is 6. The summed E-state index contributed by atoms with van der Waals surface area (Å²) in [6, 6.07) is 7.41. The molecule has 2 heterocycles. The second-order valence-corrected chi connectivity index (χ2v) is 4.15. The van der Waals surface area contributed by atoms with Gasteiger partial charge in [-0.05, 0) is 25.1 Å². The third kappa shape index (κ3) is 3.66. The lowest BCUT2D eigenvalue weighted by atomic mass is 10.2. The summed E-state index contributed by atoms with van der Waals surface area (Å²) in [5.41, 5.74) is 1.57. The number of hydrogen-bond acceptors (Lipinski definition) is 4. The number of carboxylic acid groups (broad SMARTS) is 1. The molecule has 0 aromatic carbocycles. The van der Waals surface area contributed by atoms with Crippen molar-refractivity contribution in [2.24, 2.45) is 0 Å². The van der Waals surface area contributed by atoms with E-state index in [1.165, 1.54) is 0 Å². The Labute approximate surface area is 110 Å². The summed E-state index contributed by atoms with van der Waals surface area (Å²) in [6.07, 6.45) is 2.46. The van der Waals surface area contributed by atoms with Crippen molar-refractivity contribution in [2.75, 3.05) is 6.61 Å². The van der Waals surface area contributed by atoms with Crippen molar-refractivity contribution in [2.45, 2.75) is 20.0 Å². The molecule has 0 aliphatic heterocycles. The molecule has 19 heavy (non-hydrogen) atoms. The van der Waals surface area contributed by atoms with Gasteiger partial charge in [-0.3, -0.25) is 4.98 Å². The number of aromatic nitrogens is 1. The molecular weight excluding hydrogens is 246 g/mol. The highest BCUT2D eigenvalue weighted by atomic mass is 16.5. The monoisotopic (exact) mass is 261 g/mol. The molecule has 5 nitrogen and oxygen atoms in total. The molecule has 2 rings (SSSR count). The maximum absolute atomic E-state index is 10.8. The van der Waals surface area contributed by atoms with Crippen LogP contribution in [0.1, 0.15) is 27.6 Å². The molecule has 0 saturated heterocycles. The van der Waals surface area contributed by atoms with Crippen LogP contribution in [0, 0.1) is 6.92 Å². The molecule has 0 aliphatic rings. The van der Waals surface area contributed by atoms with Crippen LogP contribution >= 0.6 is 0 Å². The maximum Gasteiger partial charge on any atom is 0.372 e. The molecule has 0 amide bonds. The van der Waals surface area contributed by atoms with Gasteiger partial charge in [-0.15, -0.1) is 0 Å². The molecule has 0 spiro atoms. The fraction of sp³-hybridized carbons (Fsp3) is 0.286. The standard InChI is InChI=1S/C14H15NO4/c1-10-8-12(19-13(10)14(16)17)9-18-7-5-11-4-2-3-6-15-11/h2-4,6,8H,5,7,9H2,1H3,(H,16,17). The summed E-state index contributed by atoms with van der Waals surface area (Å²) in [7, 11) is 0. The fourth-order valence-electron chi connectivity index (χ4n) is 1.73. The highest BCUT2D eigenvalue weighted by Crippen LogP contribution is 2.15. The van der Waals surface area contributed by atoms with Crippen LogP contribution in [0.25, 0.3) is 0 Å². The van der Waals surface area contributed by atoms with Gasteiger partial charge in [0, 0.05) is 23.9 Å². The lowest BCUT2D eigenvalue weighted by Crippen LogP contribution is -2.00. The number of carbonyl (C=O) groups is 1. The fourth-order valence-corrected chi connectivity index (χ4v) is 1.73. The second kappa shape index (κ2) is 6.15. The first-order valence-electron chi connectivity index (χ1n) is 5.97. The Morgan fingerprint density at radius 3 is 2.95 bits per heavy atom. The molecule has 5 heteroatoms. The SMILES string of the molecule is Cc1cc(COCCc2ccccn2)oc1C(=O)O. The molecule has 0 fully saturated rings. The average Bonchev–Trinajstić information content (AvgIpc) is 2.77. The van der Waals surface area contributed by atoms with Gasteiger partial charge in [0.2, 0.25) is 5.76 Å². The number of carboxylic acids is 1. The molecule has 0 atom stereocenters. The van der Waals surface area contributed by atoms with Gasteiger partial charge in [-0.1, -0.05) is 6.07 Å². The highest BCUT2D eigenvalue weighted by molar-refractivity contribution is 5.86. The molecule has 100 valence electrons. The van der Waals surface area contributed by atoms with Gasteiger partial charge < -0.3 is 14.3 Å². The zero-order valence-corrected chi connectivity index (χ0v) is 10.6. The number of aryl methyl sites for hydroxylation is 1. The number of pyridine rings is 1. The second-order valence-electron chi connectivity index (χ2n) is 4.15. The van der Waals surface area contributed by atoms with E-state index in [4.69, 9.17) is 14.3 Å². The van der Waals surface area contributed by atoms with Crippen LogP contribution in [0.5, 0.6) is 0 Å². The smallest absolute Gasteiger partial charge is 0.372 e. The van der Waals surface area contributed by atoms with E-state index >= 15 is 0 Å². The van der Waals surface area contributed by atoms with Crippen LogP contribution in [-0.2, 0) is 17.8 Å². The topological polar surface area (TPSA) is 72.6 Å². The summed E-state index contributed by atoms with van der Waals surface area (Å²) in [4.78, 5) is 15.0. The molecule has 0 aliphatic carbocycles. The Hall–Kier alpha value is -2.14. The Bertz CT molecular complexity index is 548. The van der Waals surface area contributed by atoms with Crippen molar-refractivity contribution in [3.8, 4) is 0 Å². The van der Waals surface area contributed by atoms with Crippen molar-refractivity contribution in [3.63, 3.8) is 0 Å². The summed E-state index contributed by atoms with van der Waals surface area (Å²) >= 11 is 0. The van der Waals surface area contributed by atoms with E-state index in [-0.39, 0.29) is 12.4 Å². The van der Waals surface area contributed by atoms with Crippen molar-refractivity contribution in [1.82, 2.24) is 4.98 Å². The molecule has 0 radical (unpaired) electrons. The van der Waals surface area contributed by atoms with Gasteiger partial charge in [0.25, 0.3) is 0 Å². The lowest BCUT2D eigenvalue weighted by Gasteiger charge is -2.01. The van der Waals surface area contributed by atoms with E-state index in [0.29, 0.717) is 24.4 Å². The van der Waals surface area contributed by atoms with Gasteiger partial charge in [-0.25, -0.2) is 4.79 Å². The number of ether oxygens (including phenoxy) is 1. The Morgan fingerprint density at radius 2 is 2.32 bits per heavy atom. The lowest BCUT2D eigenvalue weighted by molar-refractivity contribution is 0.0647. The summed E-state index contributed by atoms with van der Waals surface area (Å²) in [5.74, 6) is -0.559. The first-order valence-corrected chi connectivity index (χ1v) is 5.97. The summed E-state index contributed by atoms with van der Waals surface area (Å²) in [5, 5.41) is 8.86. The van der Waals surface area contributed by atoms with Crippen LogP contribution in [0.15, 0.2) is 34.9 Å². The van der Waals surface area contributed by atoms with Crippen LogP contribution < -0.4 is 0 Å². The van der Waals surface area contributed by atoms with Crippen LogP contribution in [-0.4, -0.2) is 22.7 Å². The van der Waals surface area contributed by atoms with E-state index in [9.17, 15) is 4.79 Å². The van der Waals surface area contributed by atoms with Crippen molar-refractivity contribution < 1.29 is 19.1 Å². The molecule has 0 unspecified atom stereocenters. The number of aromatic carboxylic acids is 1. The van der Waals surface area contributed by atoms with Crippen molar-refractivity contribution in [3.05, 3.63) is 53.2 Å². The predicted molar refractivity (Wildman–Crippen MR) is 68.0 cm³/mol. The third-order valence-corrected chi connectivity index (χ3v) is 2.64. The van der Waals surface area contributed by atoms with Crippen LogP contribution in [0.4, 0.5) is 0 Å². The van der Waals surface area contributed by atoms with E-state index in [0.717, 1.165) is 5.69 Å². The molecule has 2 aromatic heterocycles. The van der Waals surface area contributed by atoms with E-state index in [1.807, 2.05) is 18.2 Å². The Balaban J connectivity index is 1.80. The van der Waals surface area contributed by atoms with Gasteiger partial charge in [0.1, 0.15) is 12.4 Å². The van der Waals surface area contributed by atoms with E-state index in [1.54, 1.807) is 19.2 Å². The first-order chi connectivity index (χ1) is 9.16. The molecule has 0 bridgehead atoms. The predicted octanol–water partition coefficient (Wildman–Crippen LogP) is 2.44. The molecule has 1 N–H and O–H groups in total. The van der Waals surface area contributed by atoms with E-state index < -0.39 is 5.97 Å². The zero-order valence-electron chi connectivity index (χ0n) is 10.6. The third-order valence-electron chi connectivity index (χ3n) is 2.64. The summed E-state index contributed by atoms with van der Waals surface area (Å²) < 4.78 is 10.6. The highest BCUT2D eigenvalue weighted by Gasteiger charge is 2.14. The van der Waals surface area contributed by atoms with Gasteiger partial charge in [-0.2, -0.15) is 0 Å². The van der Waals surface area contributed by atoms with Gasteiger partial charge >= 0.3 is 5.97 Å². The first kappa shape index (κ1) is 13.3. The Morgan fingerprint density at radius 1 is 1.47 bits per heavy atom. The minimum Gasteiger partial charge on any atom is -0.475 e. The van der Waals surface area contributed by atoms with Crippen LogP contribution in [0.2, 0.25) is 0 Å². The number of furan rings is 1. The van der Waals surface area contributed by atoms with Crippen LogP contribution in [0.3, 0.4) is 0 Å². The van der Waals surface area contributed by atoms with E-state index in [2.05, 4.69) is 4.98 Å². The van der Waals surface area contributed by atoms with Gasteiger partial charge in [0.05, 0.1) is 6.61 Å². The maximum atomic E-state index is 10.8. The Kier molecular flexibility index (Phi) is 4.30.